The summed E-state index contributed by atoms with van der Waals surface area (Å²) >= 11 is 0. The molecule has 0 unspecified atom stereocenters. The number of aliphatic hydroxyl groups excluding tert-OH is 1. The molecule has 2 aliphatic heterocycles. The fourth-order valence-corrected chi connectivity index (χ4v) is 4.29. The summed E-state index contributed by atoms with van der Waals surface area (Å²) in [6.07, 6.45) is 1.89. The summed E-state index contributed by atoms with van der Waals surface area (Å²) in [6, 6.07) is 6.99. The van der Waals surface area contributed by atoms with Crippen molar-refractivity contribution in [1.29, 1.82) is 0 Å². The van der Waals surface area contributed by atoms with Crippen molar-refractivity contribution < 1.29 is 28.6 Å². The molecule has 142 valence electrons. The number of aromatic nitrogens is 1. The number of likely N-dealkylation sites (tertiary alicyclic amines) is 1. The summed E-state index contributed by atoms with van der Waals surface area (Å²) in [5, 5.41) is 14.2. The third-order valence-electron chi connectivity index (χ3n) is 5.65. The number of carbonyl (C=O) groups is 1. The van der Waals surface area contributed by atoms with E-state index >= 15 is 0 Å². The quantitative estimate of drug-likeness (QED) is 0.876. The summed E-state index contributed by atoms with van der Waals surface area (Å²) < 4.78 is 21.7. The first-order valence-electron chi connectivity index (χ1n) is 9.11. The highest BCUT2D eigenvalue weighted by Crippen LogP contribution is 2.40. The first-order valence-corrected chi connectivity index (χ1v) is 9.11. The van der Waals surface area contributed by atoms with Crippen LogP contribution in [0.4, 0.5) is 0 Å². The van der Waals surface area contributed by atoms with Gasteiger partial charge in [-0.3, -0.25) is 4.79 Å². The molecule has 3 aliphatic rings. The van der Waals surface area contributed by atoms with E-state index in [-0.39, 0.29) is 30.5 Å². The zero-order valence-corrected chi connectivity index (χ0v) is 14.6. The molecule has 2 fully saturated rings. The van der Waals surface area contributed by atoms with E-state index in [0.29, 0.717) is 49.1 Å². The van der Waals surface area contributed by atoms with Gasteiger partial charge in [0.1, 0.15) is 11.9 Å². The minimum absolute atomic E-state index is 0.148. The Morgan fingerprint density at radius 2 is 1.96 bits per heavy atom. The van der Waals surface area contributed by atoms with E-state index in [4.69, 9.17) is 18.7 Å². The maximum atomic E-state index is 12.5. The molecule has 8 nitrogen and oxygen atoms in total. The highest BCUT2D eigenvalue weighted by molar-refractivity contribution is 5.91. The van der Waals surface area contributed by atoms with Gasteiger partial charge in [-0.2, -0.15) is 0 Å². The van der Waals surface area contributed by atoms with Crippen LogP contribution in [0.25, 0.3) is 0 Å². The van der Waals surface area contributed by atoms with Crippen molar-refractivity contribution in [2.24, 2.45) is 11.8 Å². The minimum atomic E-state index is -0.572. The van der Waals surface area contributed by atoms with Crippen molar-refractivity contribution in [2.45, 2.75) is 25.0 Å². The number of amides is 1. The van der Waals surface area contributed by atoms with Gasteiger partial charge in [0.15, 0.2) is 11.5 Å². The highest BCUT2D eigenvalue weighted by Gasteiger charge is 2.44. The Kier molecular flexibility index (Phi) is 3.93. The van der Waals surface area contributed by atoms with Gasteiger partial charge in [-0.05, 0) is 36.8 Å². The molecule has 1 amide bonds. The van der Waals surface area contributed by atoms with Crippen LogP contribution in [0.15, 0.2) is 35.0 Å². The Labute approximate surface area is 155 Å². The van der Waals surface area contributed by atoms with Crippen molar-refractivity contribution >= 4 is 5.91 Å². The molecule has 1 aliphatic carbocycles. The molecule has 27 heavy (non-hydrogen) atoms. The highest BCUT2D eigenvalue weighted by atomic mass is 16.7. The zero-order valence-electron chi connectivity index (χ0n) is 14.6. The molecule has 5 rings (SSSR count). The maximum Gasteiger partial charge on any atom is 0.292 e. The monoisotopic (exact) mass is 372 g/mol. The average molecular weight is 372 g/mol. The second kappa shape index (κ2) is 6.45. The largest absolute Gasteiger partial charge is 0.488 e. The second-order valence-electron chi connectivity index (χ2n) is 7.32. The summed E-state index contributed by atoms with van der Waals surface area (Å²) in [7, 11) is 0. The van der Waals surface area contributed by atoms with Gasteiger partial charge < -0.3 is 28.7 Å². The molecule has 1 saturated carbocycles. The normalized spacial score (nSPS) is 28.9. The lowest BCUT2D eigenvalue weighted by atomic mass is 9.78. The van der Waals surface area contributed by atoms with Crippen molar-refractivity contribution in [1.82, 2.24) is 10.1 Å². The molecule has 0 spiro atoms. The van der Waals surface area contributed by atoms with Crippen molar-refractivity contribution in [3.63, 3.8) is 0 Å². The number of carbonyl (C=O) groups excluding carboxylic acids is 1. The van der Waals surface area contributed by atoms with Gasteiger partial charge in [0.2, 0.25) is 12.6 Å². The second-order valence-corrected chi connectivity index (χ2v) is 7.32. The molecule has 1 aromatic carbocycles. The van der Waals surface area contributed by atoms with Crippen LogP contribution in [0.3, 0.4) is 0 Å². The number of fused-ring (bicyclic) bond motifs is 2. The molecule has 0 radical (unpaired) electrons. The number of benzene rings is 1. The SMILES string of the molecule is O=C(c1ccno1)N1C[C@H]2C[C@@H](Oc3ccc4c(c3)OCO4)[C@H](O)C[C@H]2C1. The number of hydrogen-bond acceptors (Lipinski definition) is 7. The number of hydrogen-bond donors (Lipinski definition) is 1. The van der Waals surface area contributed by atoms with Crippen LogP contribution >= 0.6 is 0 Å². The maximum absolute atomic E-state index is 12.5. The van der Waals surface area contributed by atoms with Gasteiger partial charge in [-0.25, -0.2) is 0 Å². The van der Waals surface area contributed by atoms with E-state index in [1.54, 1.807) is 17.0 Å². The summed E-state index contributed by atoms with van der Waals surface area (Å²) in [5.74, 6) is 2.66. The molecular weight excluding hydrogens is 352 g/mol. The molecule has 4 atom stereocenters. The van der Waals surface area contributed by atoms with Crippen LogP contribution in [0.2, 0.25) is 0 Å². The standard InChI is InChI=1S/C19H20N2O6/c22-14-5-11-8-21(19(23)16-3-4-20-27-16)9-12(11)6-17(14)26-13-1-2-15-18(7-13)25-10-24-15/h1-4,7,11-12,14,17,22H,5-6,8-10H2/t11-,12+,14+,17+/m0/s1. The lowest BCUT2D eigenvalue weighted by Crippen LogP contribution is -2.42. The van der Waals surface area contributed by atoms with Crippen molar-refractivity contribution in [3.8, 4) is 17.2 Å². The lowest BCUT2D eigenvalue weighted by molar-refractivity contribution is -0.0232. The van der Waals surface area contributed by atoms with E-state index < -0.39 is 6.10 Å². The first-order chi connectivity index (χ1) is 13.2. The van der Waals surface area contributed by atoms with Crippen molar-refractivity contribution in [3.05, 3.63) is 36.2 Å². The third-order valence-corrected chi connectivity index (χ3v) is 5.65. The number of aliphatic hydroxyl groups is 1. The van der Waals surface area contributed by atoms with Gasteiger partial charge in [0.05, 0.1) is 12.3 Å². The van der Waals surface area contributed by atoms with Gasteiger partial charge in [0.25, 0.3) is 5.91 Å². The average Bonchev–Trinajstić information content (AvgIpc) is 3.41. The van der Waals surface area contributed by atoms with Gasteiger partial charge in [0, 0.05) is 25.2 Å². The Morgan fingerprint density at radius 1 is 1.15 bits per heavy atom. The van der Waals surface area contributed by atoms with Crippen molar-refractivity contribution in [2.75, 3.05) is 19.9 Å². The van der Waals surface area contributed by atoms with E-state index in [9.17, 15) is 9.90 Å². The minimum Gasteiger partial charge on any atom is -0.488 e. The van der Waals surface area contributed by atoms with Gasteiger partial charge >= 0.3 is 0 Å². The molecule has 3 heterocycles. The van der Waals surface area contributed by atoms with E-state index in [1.807, 2.05) is 12.1 Å². The van der Waals surface area contributed by atoms with Crippen LogP contribution in [-0.2, 0) is 0 Å². The Balaban J connectivity index is 1.26. The molecular formula is C19H20N2O6. The molecule has 1 N–H and O–H groups in total. The smallest absolute Gasteiger partial charge is 0.292 e. The summed E-state index contributed by atoms with van der Waals surface area (Å²) in [5.41, 5.74) is 0. The van der Waals surface area contributed by atoms with Gasteiger partial charge in [-0.1, -0.05) is 5.16 Å². The van der Waals surface area contributed by atoms with E-state index in [2.05, 4.69) is 5.16 Å². The molecule has 1 saturated heterocycles. The zero-order chi connectivity index (χ0) is 18.4. The van der Waals surface area contributed by atoms with Crippen LogP contribution in [0.1, 0.15) is 23.4 Å². The first kappa shape index (κ1) is 16.4. The van der Waals surface area contributed by atoms with Gasteiger partial charge in [-0.15, -0.1) is 0 Å². The number of rotatable bonds is 3. The topological polar surface area (TPSA) is 94.3 Å². The summed E-state index contributed by atoms with van der Waals surface area (Å²) in [6.45, 7) is 1.47. The van der Waals surface area contributed by atoms with Crippen LogP contribution in [-0.4, -0.2) is 53.2 Å². The van der Waals surface area contributed by atoms with E-state index in [1.165, 1.54) is 6.20 Å². The Bertz CT molecular complexity index is 839. The van der Waals surface area contributed by atoms with Crippen LogP contribution in [0, 0.1) is 11.8 Å². The number of ether oxygens (including phenoxy) is 3. The third kappa shape index (κ3) is 2.99. The summed E-state index contributed by atoms with van der Waals surface area (Å²) in [4.78, 5) is 14.3. The number of nitrogens with zero attached hydrogens (tertiary/aromatic N) is 2. The predicted octanol–water partition coefficient (Wildman–Crippen LogP) is 1.69. The van der Waals surface area contributed by atoms with Crippen LogP contribution in [0.5, 0.6) is 17.2 Å². The van der Waals surface area contributed by atoms with Crippen LogP contribution < -0.4 is 14.2 Å². The fraction of sp³-hybridized carbons (Fsp3) is 0.474. The molecule has 2 aromatic rings. The Hall–Kier alpha value is -2.74. The lowest BCUT2D eigenvalue weighted by Gasteiger charge is -2.35. The molecule has 8 heteroatoms. The molecule has 0 bridgehead atoms. The predicted molar refractivity (Wildman–Crippen MR) is 91.6 cm³/mol. The van der Waals surface area contributed by atoms with E-state index in [0.717, 1.165) is 0 Å². The fourth-order valence-electron chi connectivity index (χ4n) is 4.29. The Morgan fingerprint density at radius 3 is 2.78 bits per heavy atom. The molecule has 1 aromatic heterocycles.